The van der Waals surface area contributed by atoms with Crippen molar-refractivity contribution in [3.05, 3.63) is 24.7 Å². The lowest BCUT2D eigenvalue weighted by Crippen LogP contribution is -1.81. The normalized spacial score (nSPS) is 24.9. The molecule has 1 aliphatic rings. The number of allylic oxidation sites excluding steroid dienone is 2. The van der Waals surface area contributed by atoms with Gasteiger partial charge in [0.25, 0.3) is 0 Å². The van der Waals surface area contributed by atoms with Crippen LogP contribution in [-0.4, -0.2) is 0 Å². The fourth-order valence-electron chi connectivity index (χ4n) is 2.04. The molecule has 0 unspecified atom stereocenters. The van der Waals surface area contributed by atoms with Gasteiger partial charge in [0.2, 0.25) is 0 Å². The van der Waals surface area contributed by atoms with E-state index in [0.717, 1.165) is 12.8 Å². The summed E-state index contributed by atoms with van der Waals surface area (Å²) in [7, 11) is 0. The molecule has 0 bridgehead atoms. The van der Waals surface area contributed by atoms with Crippen LogP contribution in [-0.2, 0) is 9.78 Å². The van der Waals surface area contributed by atoms with Crippen molar-refractivity contribution in [2.75, 3.05) is 0 Å². The van der Waals surface area contributed by atoms with Gasteiger partial charge < -0.3 is 0 Å². The van der Waals surface area contributed by atoms with Gasteiger partial charge in [0.1, 0.15) is 12.5 Å². The zero-order valence-corrected chi connectivity index (χ0v) is 10.9. The summed E-state index contributed by atoms with van der Waals surface area (Å²) in [5.41, 5.74) is 0. The molecule has 98 valence electrons. The van der Waals surface area contributed by atoms with Crippen LogP contribution in [0.4, 0.5) is 0 Å². The Morgan fingerprint density at radius 1 is 0.471 bits per heavy atom. The predicted octanol–water partition coefficient (Wildman–Crippen LogP) is 5.27. The second kappa shape index (κ2) is 11.6. The Hall–Kier alpha value is -0.920. The van der Waals surface area contributed by atoms with Gasteiger partial charge in [-0.25, -0.2) is 0 Å². The van der Waals surface area contributed by atoms with Crippen molar-refractivity contribution in [2.45, 2.75) is 70.6 Å². The van der Waals surface area contributed by atoms with E-state index in [9.17, 15) is 0 Å². The molecule has 0 spiro atoms. The molecule has 0 amide bonds. The first-order chi connectivity index (χ1) is 8.50. The highest BCUT2D eigenvalue weighted by Gasteiger charge is 1.92. The Morgan fingerprint density at radius 2 is 0.824 bits per heavy atom. The first kappa shape index (κ1) is 14.1. The molecule has 17 heavy (non-hydrogen) atoms. The van der Waals surface area contributed by atoms with E-state index in [1.807, 2.05) is 12.2 Å². The molecule has 0 fully saturated rings. The quantitative estimate of drug-likeness (QED) is 0.535. The van der Waals surface area contributed by atoms with E-state index in [4.69, 9.17) is 9.78 Å². The minimum atomic E-state index is 1.09. The summed E-state index contributed by atoms with van der Waals surface area (Å²) in [6, 6.07) is 0. The Morgan fingerprint density at radius 3 is 1.24 bits per heavy atom. The van der Waals surface area contributed by atoms with Crippen LogP contribution in [0.5, 0.6) is 0 Å². The van der Waals surface area contributed by atoms with Gasteiger partial charge in [0.15, 0.2) is 0 Å². The Bertz CT molecular complexity index is 187. The highest BCUT2D eigenvalue weighted by Crippen LogP contribution is 2.12. The van der Waals surface area contributed by atoms with Crippen molar-refractivity contribution >= 4 is 0 Å². The molecular weight excluding hydrogens is 212 g/mol. The Kier molecular flexibility index (Phi) is 9.62. The molecule has 0 saturated heterocycles. The van der Waals surface area contributed by atoms with Crippen molar-refractivity contribution in [3.8, 4) is 0 Å². The zero-order valence-electron chi connectivity index (χ0n) is 10.9. The van der Waals surface area contributed by atoms with E-state index in [-0.39, 0.29) is 0 Å². The smallest absolute Gasteiger partial charge is 0.138 e. The molecule has 2 nitrogen and oxygen atoms in total. The molecule has 0 aromatic heterocycles. The molecule has 0 atom stereocenters. The fraction of sp³-hybridized carbons (Fsp3) is 0.733. The minimum absolute atomic E-state index is 1.09. The van der Waals surface area contributed by atoms with E-state index in [1.165, 1.54) is 57.8 Å². The van der Waals surface area contributed by atoms with Gasteiger partial charge in [-0.15, -0.1) is 0 Å². The first-order valence-electron chi connectivity index (χ1n) is 7.12. The lowest BCUT2D eigenvalue weighted by Gasteiger charge is -2.01. The maximum atomic E-state index is 4.89. The van der Waals surface area contributed by atoms with Crippen LogP contribution < -0.4 is 0 Å². The molecule has 0 N–H and O–H groups in total. The molecule has 0 aliphatic carbocycles. The lowest BCUT2D eigenvalue weighted by molar-refractivity contribution is -0.196. The topological polar surface area (TPSA) is 18.5 Å². The van der Waals surface area contributed by atoms with Crippen LogP contribution in [0.2, 0.25) is 0 Å². The second-order valence-corrected chi connectivity index (χ2v) is 4.70. The van der Waals surface area contributed by atoms with Gasteiger partial charge in [-0.3, -0.25) is 9.78 Å². The summed E-state index contributed by atoms with van der Waals surface area (Å²) in [5, 5.41) is 0. The van der Waals surface area contributed by atoms with Crippen LogP contribution in [0.15, 0.2) is 24.7 Å². The number of hydrogen-bond acceptors (Lipinski definition) is 2. The second-order valence-electron chi connectivity index (χ2n) is 4.70. The van der Waals surface area contributed by atoms with Crippen molar-refractivity contribution in [1.82, 2.24) is 0 Å². The van der Waals surface area contributed by atoms with Gasteiger partial charge in [-0.1, -0.05) is 44.9 Å². The first-order valence-corrected chi connectivity index (χ1v) is 7.12. The summed E-state index contributed by atoms with van der Waals surface area (Å²) >= 11 is 0. The Balaban J connectivity index is 2.13. The van der Waals surface area contributed by atoms with Crippen molar-refractivity contribution in [2.24, 2.45) is 0 Å². The lowest BCUT2D eigenvalue weighted by atomic mass is 10.1. The molecule has 2 heteroatoms. The van der Waals surface area contributed by atoms with Gasteiger partial charge in [-0.05, 0) is 37.8 Å². The minimum Gasteiger partial charge on any atom is -0.299 e. The van der Waals surface area contributed by atoms with E-state index >= 15 is 0 Å². The van der Waals surface area contributed by atoms with Crippen LogP contribution in [0.3, 0.4) is 0 Å². The van der Waals surface area contributed by atoms with Crippen molar-refractivity contribution < 1.29 is 9.78 Å². The molecule has 0 radical (unpaired) electrons. The van der Waals surface area contributed by atoms with Crippen LogP contribution in [0.25, 0.3) is 0 Å². The zero-order chi connectivity index (χ0) is 12.0. The van der Waals surface area contributed by atoms with E-state index in [1.54, 1.807) is 12.5 Å². The summed E-state index contributed by atoms with van der Waals surface area (Å²) in [6.07, 6.45) is 21.7. The molecule has 0 saturated carbocycles. The third-order valence-electron chi connectivity index (χ3n) is 3.10. The van der Waals surface area contributed by atoms with Crippen LogP contribution in [0.1, 0.15) is 70.6 Å². The average molecular weight is 238 g/mol. The molecule has 1 heterocycles. The number of hydrogen-bond donors (Lipinski definition) is 0. The largest absolute Gasteiger partial charge is 0.299 e. The molecular formula is C15H26O2. The van der Waals surface area contributed by atoms with Crippen LogP contribution >= 0.6 is 0 Å². The van der Waals surface area contributed by atoms with Gasteiger partial charge in [0.05, 0.1) is 0 Å². The summed E-state index contributed by atoms with van der Waals surface area (Å²) in [4.78, 5) is 9.78. The van der Waals surface area contributed by atoms with E-state index in [0.29, 0.717) is 0 Å². The molecule has 1 aliphatic heterocycles. The third kappa shape index (κ3) is 9.98. The van der Waals surface area contributed by atoms with E-state index in [2.05, 4.69) is 0 Å². The molecule has 0 aromatic rings. The van der Waals surface area contributed by atoms with Gasteiger partial charge in [0, 0.05) is 0 Å². The number of rotatable bonds is 0. The maximum absolute atomic E-state index is 4.89. The summed E-state index contributed by atoms with van der Waals surface area (Å²) in [5.74, 6) is 0. The summed E-state index contributed by atoms with van der Waals surface area (Å²) in [6.45, 7) is 0. The van der Waals surface area contributed by atoms with Gasteiger partial charge >= 0.3 is 0 Å². The van der Waals surface area contributed by atoms with Crippen molar-refractivity contribution in [1.29, 1.82) is 0 Å². The highest BCUT2D eigenvalue weighted by atomic mass is 17.2. The highest BCUT2D eigenvalue weighted by molar-refractivity contribution is 4.74. The molecule has 1 rings (SSSR count). The SMILES string of the molecule is C1=C\OO/C=C\CCCCCCCCCCC/1. The standard InChI is InChI=1S/C15H26O2/c1-2-4-6-8-10-12-14-16-17-15-13-11-9-7-5-3-1/h12-15H,1-11H2/b14-12-,15-13-. The van der Waals surface area contributed by atoms with Crippen molar-refractivity contribution in [3.63, 3.8) is 0 Å². The predicted molar refractivity (Wildman–Crippen MR) is 71.2 cm³/mol. The fourth-order valence-corrected chi connectivity index (χ4v) is 2.04. The third-order valence-corrected chi connectivity index (χ3v) is 3.10. The van der Waals surface area contributed by atoms with E-state index < -0.39 is 0 Å². The van der Waals surface area contributed by atoms with Crippen LogP contribution in [0, 0.1) is 0 Å². The monoisotopic (exact) mass is 238 g/mol. The average Bonchev–Trinajstić information content (AvgIpc) is 2.35. The summed E-state index contributed by atoms with van der Waals surface area (Å²) < 4.78 is 0. The van der Waals surface area contributed by atoms with Gasteiger partial charge in [-0.2, -0.15) is 0 Å². The maximum Gasteiger partial charge on any atom is 0.138 e. The Labute approximate surface area is 106 Å². The molecule has 0 aromatic carbocycles.